The normalized spacial score (nSPS) is 11.8. The van der Waals surface area contributed by atoms with Gasteiger partial charge in [0.15, 0.2) is 0 Å². The Morgan fingerprint density at radius 1 is 1.04 bits per heavy atom. The molecule has 2 aromatic rings. The molecule has 5 nitrogen and oxygen atoms in total. The van der Waals surface area contributed by atoms with Crippen molar-refractivity contribution in [3.8, 4) is 5.75 Å². The van der Waals surface area contributed by atoms with Crippen LogP contribution in [0.3, 0.4) is 0 Å². The molecule has 0 saturated carbocycles. The van der Waals surface area contributed by atoms with E-state index in [1.807, 2.05) is 68.4 Å². The summed E-state index contributed by atoms with van der Waals surface area (Å²) < 4.78 is 5.51. The molecule has 2 N–H and O–H groups in total. The molecule has 2 aromatic carbocycles. The third-order valence-corrected chi connectivity index (χ3v) is 4.30. The average molecular weight is 369 g/mol. The van der Waals surface area contributed by atoms with Gasteiger partial charge in [0.05, 0.1) is 12.5 Å². The summed E-state index contributed by atoms with van der Waals surface area (Å²) in [5.41, 5.74) is 2.01. The van der Waals surface area contributed by atoms with Crippen LogP contribution in [0.5, 0.6) is 5.75 Å². The predicted molar refractivity (Wildman–Crippen MR) is 105 cm³/mol. The highest BCUT2D eigenvalue weighted by atomic mass is 16.5. The minimum absolute atomic E-state index is 0.0187. The number of ether oxygens (including phenoxy) is 1. The van der Waals surface area contributed by atoms with Crippen LogP contribution in [0, 0.1) is 5.92 Å². The van der Waals surface area contributed by atoms with E-state index in [0.29, 0.717) is 25.3 Å². The van der Waals surface area contributed by atoms with Crippen LogP contribution in [0.1, 0.15) is 43.7 Å². The van der Waals surface area contributed by atoms with Crippen LogP contribution in [-0.2, 0) is 16.1 Å². The zero-order chi connectivity index (χ0) is 19.6. The first-order valence-electron chi connectivity index (χ1n) is 9.23. The molecule has 0 aliphatic carbocycles. The lowest BCUT2D eigenvalue weighted by Crippen LogP contribution is -2.31. The Balaban J connectivity index is 1.86. The van der Waals surface area contributed by atoms with Crippen LogP contribution < -0.4 is 10.1 Å². The molecule has 0 spiro atoms. The molecule has 0 heterocycles. The van der Waals surface area contributed by atoms with E-state index in [9.17, 15) is 9.59 Å². The Hall–Kier alpha value is -2.82. The van der Waals surface area contributed by atoms with Gasteiger partial charge in [0.1, 0.15) is 5.75 Å². The topological polar surface area (TPSA) is 75.6 Å². The van der Waals surface area contributed by atoms with Crippen LogP contribution in [-0.4, -0.2) is 23.6 Å². The van der Waals surface area contributed by atoms with Crippen LogP contribution in [0.25, 0.3) is 0 Å². The second kappa shape index (κ2) is 10.4. The Morgan fingerprint density at radius 2 is 1.70 bits per heavy atom. The van der Waals surface area contributed by atoms with Gasteiger partial charge in [-0.3, -0.25) is 9.59 Å². The minimum atomic E-state index is -0.820. The fraction of sp³-hybridized carbons (Fsp3) is 0.364. The van der Waals surface area contributed by atoms with E-state index in [2.05, 4.69) is 5.32 Å². The van der Waals surface area contributed by atoms with Crippen molar-refractivity contribution in [2.75, 3.05) is 6.61 Å². The SMILES string of the molecule is CC(C)C(C(=O)NCc1ccc(OCCCC(=O)O)cc1)c1ccccc1. The number of rotatable bonds is 10. The van der Waals surface area contributed by atoms with E-state index in [-0.39, 0.29) is 24.2 Å². The van der Waals surface area contributed by atoms with Gasteiger partial charge >= 0.3 is 5.97 Å². The van der Waals surface area contributed by atoms with E-state index >= 15 is 0 Å². The summed E-state index contributed by atoms with van der Waals surface area (Å²) >= 11 is 0. The highest BCUT2D eigenvalue weighted by Gasteiger charge is 2.23. The lowest BCUT2D eigenvalue weighted by Gasteiger charge is -2.20. The summed E-state index contributed by atoms with van der Waals surface area (Å²) in [5, 5.41) is 11.6. The van der Waals surface area contributed by atoms with Gasteiger partial charge in [0.2, 0.25) is 5.91 Å². The second-order valence-corrected chi connectivity index (χ2v) is 6.84. The van der Waals surface area contributed by atoms with Crippen molar-refractivity contribution in [1.29, 1.82) is 0 Å². The average Bonchev–Trinajstić information content (AvgIpc) is 2.65. The molecule has 1 atom stereocenters. The standard InChI is InChI=1S/C22H27NO4/c1-16(2)21(18-7-4-3-5-8-18)22(26)23-15-17-10-12-19(13-11-17)27-14-6-9-20(24)25/h3-5,7-8,10-13,16,21H,6,9,14-15H2,1-2H3,(H,23,26)(H,24,25). The first-order valence-corrected chi connectivity index (χ1v) is 9.23. The zero-order valence-corrected chi connectivity index (χ0v) is 15.9. The Labute approximate surface area is 160 Å². The van der Waals surface area contributed by atoms with Gasteiger partial charge in [-0.2, -0.15) is 0 Å². The Kier molecular flexibility index (Phi) is 7.86. The number of nitrogens with one attached hydrogen (secondary N) is 1. The molecule has 5 heteroatoms. The molecule has 1 unspecified atom stereocenters. The number of hydrogen-bond acceptors (Lipinski definition) is 3. The predicted octanol–water partition coefficient (Wildman–Crippen LogP) is 3.99. The van der Waals surface area contributed by atoms with Crippen molar-refractivity contribution in [3.05, 3.63) is 65.7 Å². The van der Waals surface area contributed by atoms with Gasteiger partial charge in [-0.15, -0.1) is 0 Å². The van der Waals surface area contributed by atoms with Crippen molar-refractivity contribution in [3.63, 3.8) is 0 Å². The van der Waals surface area contributed by atoms with Crippen LogP contribution in [0.15, 0.2) is 54.6 Å². The van der Waals surface area contributed by atoms with Crippen LogP contribution >= 0.6 is 0 Å². The number of benzene rings is 2. The summed E-state index contributed by atoms with van der Waals surface area (Å²) in [5.74, 6) is -0.0816. The van der Waals surface area contributed by atoms with Crippen molar-refractivity contribution >= 4 is 11.9 Å². The molecule has 27 heavy (non-hydrogen) atoms. The second-order valence-electron chi connectivity index (χ2n) is 6.84. The third-order valence-electron chi connectivity index (χ3n) is 4.30. The molecular weight excluding hydrogens is 342 g/mol. The minimum Gasteiger partial charge on any atom is -0.494 e. The first-order chi connectivity index (χ1) is 13.0. The lowest BCUT2D eigenvalue weighted by atomic mass is 9.87. The van der Waals surface area contributed by atoms with Gasteiger partial charge in [-0.1, -0.05) is 56.3 Å². The fourth-order valence-electron chi connectivity index (χ4n) is 2.92. The van der Waals surface area contributed by atoms with Crippen molar-refractivity contribution in [1.82, 2.24) is 5.32 Å². The molecule has 2 rings (SSSR count). The maximum absolute atomic E-state index is 12.7. The molecule has 144 valence electrons. The molecular formula is C22H27NO4. The quantitative estimate of drug-likeness (QED) is 0.621. The van der Waals surface area contributed by atoms with Crippen molar-refractivity contribution < 1.29 is 19.4 Å². The van der Waals surface area contributed by atoms with E-state index in [4.69, 9.17) is 9.84 Å². The number of amides is 1. The number of carboxylic acid groups (broad SMARTS) is 1. The van der Waals surface area contributed by atoms with Gasteiger partial charge in [0, 0.05) is 13.0 Å². The first kappa shape index (κ1) is 20.5. The number of carbonyl (C=O) groups is 2. The van der Waals surface area contributed by atoms with Crippen LogP contribution in [0.4, 0.5) is 0 Å². The molecule has 1 amide bonds. The Bertz CT molecular complexity index is 726. The van der Waals surface area contributed by atoms with Gasteiger partial charge in [0.25, 0.3) is 0 Å². The van der Waals surface area contributed by atoms with Crippen LogP contribution in [0.2, 0.25) is 0 Å². The largest absolute Gasteiger partial charge is 0.494 e. The summed E-state index contributed by atoms with van der Waals surface area (Å²) in [6.07, 6.45) is 0.575. The van der Waals surface area contributed by atoms with E-state index in [1.54, 1.807) is 0 Å². The maximum Gasteiger partial charge on any atom is 0.303 e. The number of carboxylic acids is 1. The summed E-state index contributed by atoms with van der Waals surface area (Å²) in [6.45, 7) is 4.92. The molecule has 0 bridgehead atoms. The molecule has 0 fully saturated rings. The highest BCUT2D eigenvalue weighted by Crippen LogP contribution is 2.24. The molecule has 0 saturated heterocycles. The number of hydrogen-bond donors (Lipinski definition) is 2. The van der Waals surface area contributed by atoms with Crippen molar-refractivity contribution in [2.24, 2.45) is 5.92 Å². The van der Waals surface area contributed by atoms with E-state index < -0.39 is 5.97 Å². The third kappa shape index (κ3) is 6.77. The van der Waals surface area contributed by atoms with Gasteiger partial charge < -0.3 is 15.2 Å². The molecule has 0 aliphatic heterocycles. The van der Waals surface area contributed by atoms with Gasteiger partial charge in [-0.05, 0) is 35.6 Å². The van der Waals surface area contributed by atoms with Gasteiger partial charge in [-0.25, -0.2) is 0 Å². The highest BCUT2D eigenvalue weighted by molar-refractivity contribution is 5.83. The summed E-state index contributed by atoms with van der Waals surface area (Å²) in [4.78, 5) is 23.1. The zero-order valence-electron chi connectivity index (χ0n) is 15.9. The van der Waals surface area contributed by atoms with E-state index in [1.165, 1.54) is 0 Å². The summed E-state index contributed by atoms with van der Waals surface area (Å²) in [6, 6.07) is 17.3. The monoisotopic (exact) mass is 369 g/mol. The lowest BCUT2D eigenvalue weighted by molar-refractivity contribution is -0.137. The molecule has 0 aliphatic rings. The fourth-order valence-corrected chi connectivity index (χ4v) is 2.92. The smallest absolute Gasteiger partial charge is 0.303 e. The maximum atomic E-state index is 12.7. The molecule has 0 aromatic heterocycles. The number of aliphatic carboxylic acids is 1. The summed E-state index contributed by atoms with van der Waals surface area (Å²) in [7, 11) is 0. The van der Waals surface area contributed by atoms with E-state index in [0.717, 1.165) is 11.1 Å². The van der Waals surface area contributed by atoms with Crippen molar-refractivity contribution in [2.45, 2.75) is 39.2 Å². The Morgan fingerprint density at radius 3 is 2.30 bits per heavy atom. The number of carbonyl (C=O) groups excluding carboxylic acids is 1. The molecule has 0 radical (unpaired) electrons.